The normalized spacial score (nSPS) is 12.9. The van der Waals surface area contributed by atoms with Crippen LogP contribution in [-0.4, -0.2) is 29.3 Å². The number of hydrogen-bond donors (Lipinski definition) is 1. The molecule has 0 atom stereocenters. The maximum atomic E-state index is 11.0. The molecule has 0 fully saturated rings. The summed E-state index contributed by atoms with van der Waals surface area (Å²) >= 11 is 0. The van der Waals surface area contributed by atoms with Gasteiger partial charge in [-0.15, -0.1) is 0 Å². The van der Waals surface area contributed by atoms with Crippen molar-refractivity contribution in [2.75, 3.05) is 0 Å². The van der Waals surface area contributed by atoms with Crippen molar-refractivity contribution in [2.45, 2.75) is 26.4 Å². The summed E-state index contributed by atoms with van der Waals surface area (Å²) in [5.41, 5.74) is -0.727. The van der Waals surface area contributed by atoms with E-state index in [2.05, 4.69) is 4.99 Å². The average Bonchev–Trinajstić information content (AvgIpc) is 2.03. The number of rotatable bonds is 2. The fourth-order valence-electron chi connectivity index (χ4n) is 0.510. The van der Waals surface area contributed by atoms with Crippen molar-refractivity contribution >= 4 is 18.6 Å². The Hall–Kier alpha value is -1.65. The lowest BCUT2D eigenvalue weighted by Gasteiger charge is -2.16. The Bertz CT molecular complexity index is 273. The van der Waals surface area contributed by atoms with Gasteiger partial charge in [-0.2, -0.15) is 4.99 Å². The topological polar surface area (TPSA) is 76.0 Å². The lowest BCUT2D eigenvalue weighted by molar-refractivity contribution is -0.104. The van der Waals surface area contributed by atoms with Gasteiger partial charge in [0.15, 0.2) is 6.29 Å². The molecular weight excluding hydrogens is 186 g/mol. The van der Waals surface area contributed by atoms with E-state index in [9.17, 15) is 9.59 Å². The van der Waals surface area contributed by atoms with Crippen LogP contribution in [0.25, 0.3) is 0 Å². The molecule has 78 valence electrons. The predicted octanol–water partition coefficient (Wildman–Crippen LogP) is 1.63. The summed E-state index contributed by atoms with van der Waals surface area (Å²) in [7, 11) is 0. The van der Waals surface area contributed by atoms with Crippen LogP contribution in [0.3, 0.4) is 0 Å². The molecule has 0 unspecified atom stereocenters. The Balaban J connectivity index is 4.26. The fraction of sp³-hybridized carbons (Fsp3) is 0.444. The second kappa shape index (κ2) is 5.16. The number of aliphatic hydroxyl groups excluding tert-OH is 1. The number of carbonyl (C=O) groups is 2. The monoisotopic (exact) mass is 199 g/mol. The molecule has 0 radical (unpaired) electrons. The van der Waals surface area contributed by atoms with Gasteiger partial charge in [0.05, 0.1) is 11.8 Å². The summed E-state index contributed by atoms with van der Waals surface area (Å²) in [6.45, 7) is 5.09. The zero-order chi connectivity index (χ0) is 11.2. The molecule has 0 aliphatic rings. The number of allylic oxidation sites excluding steroid dienone is 1. The van der Waals surface area contributed by atoms with Crippen molar-refractivity contribution in [3.05, 3.63) is 11.8 Å². The highest BCUT2D eigenvalue weighted by molar-refractivity contribution is 6.04. The highest BCUT2D eigenvalue weighted by Gasteiger charge is 2.14. The van der Waals surface area contributed by atoms with Crippen molar-refractivity contribution in [1.82, 2.24) is 0 Å². The Kier molecular flexibility index (Phi) is 4.55. The van der Waals surface area contributed by atoms with Crippen molar-refractivity contribution in [2.24, 2.45) is 4.99 Å². The van der Waals surface area contributed by atoms with Crippen molar-refractivity contribution in [3.63, 3.8) is 0 Å². The third-order valence-electron chi connectivity index (χ3n) is 0.998. The molecule has 0 aromatic rings. The maximum Gasteiger partial charge on any atom is 0.434 e. The predicted molar refractivity (Wildman–Crippen MR) is 51.5 cm³/mol. The Morgan fingerprint density at radius 1 is 1.43 bits per heavy atom. The number of aliphatic imine (C=N–C) groups is 1. The molecule has 1 amide bonds. The van der Waals surface area contributed by atoms with Crippen LogP contribution < -0.4 is 0 Å². The van der Waals surface area contributed by atoms with E-state index in [0.29, 0.717) is 12.5 Å². The summed E-state index contributed by atoms with van der Waals surface area (Å²) in [5.74, 6) is 0. The molecule has 0 aliphatic carbocycles. The van der Waals surface area contributed by atoms with Gasteiger partial charge < -0.3 is 9.84 Å². The van der Waals surface area contributed by atoms with E-state index in [0.717, 1.165) is 6.21 Å². The number of aldehydes is 1. The molecule has 1 N–H and O–H groups in total. The largest absolute Gasteiger partial charge is 0.515 e. The van der Waals surface area contributed by atoms with Crippen LogP contribution in [-0.2, 0) is 9.53 Å². The third kappa shape index (κ3) is 5.93. The SMILES string of the molecule is CC(C)(C)OC(=O)N=CC(C=O)=CO. The van der Waals surface area contributed by atoms with Gasteiger partial charge in [-0.1, -0.05) is 0 Å². The van der Waals surface area contributed by atoms with Gasteiger partial charge in [-0.25, -0.2) is 4.79 Å². The first-order valence-corrected chi connectivity index (χ1v) is 3.95. The van der Waals surface area contributed by atoms with E-state index < -0.39 is 11.7 Å². The Morgan fingerprint density at radius 3 is 2.36 bits per heavy atom. The molecule has 0 saturated heterocycles. The summed E-state index contributed by atoms with van der Waals surface area (Å²) in [4.78, 5) is 24.4. The van der Waals surface area contributed by atoms with Gasteiger partial charge >= 0.3 is 6.09 Å². The number of hydrogen-bond acceptors (Lipinski definition) is 4. The summed E-state index contributed by atoms with van der Waals surface area (Å²) in [6, 6.07) is 0. The zero-order valence-corrected chi connectivity index (χ0v) is 8.35. The second-order valence-corrected chi connectivity index (χ2v) is 3.49. The van der Waals surface area contributed by atoms with Crippen molar-refractivity contribution in [1.29, 1.82) is 0 Å². The molecule has 0 rings (SSSR count). The van der Waals surface area contributed by atoms with Gasteiger partial charge in [0.2, 0.25) is 0 Å². The van der Waals surface area contributed by atoms with Crippen LogP contribution in [0.4, 0.5) is 4.79 Å². The van der Waals surface area contributed by atoms with E-state index in [4.69, 9.17) is 9.84 Å². The average molecular weight is 199 g/mol. The maximum absolute atomic E-state index is 11.0. The zero-order valence-electron chi connectivity index (χ0n) is 8.35. The first-order valence-electron chi connectivity index (χ1n) is 3.95. The number of nitrogens with zero attached hydrogens (tertiary/aromatic N) is 1. The fourth-order valence-corrected chi connectivity index (χ4v) is 0.510. The van der Waals surface area contributed by atoms with Gasteiger partial charge in [0, 0.05) is 6.21 Å². The first kappa shape index (κ1) is 12.3. The minimum atomic E-state index is -0.807. The quantitative estimate of drug-likeness (QED) is 0.317. The van der Waals surface area contributed by atoms with Gasteiger partial charge in [0.1, 0.15) is 5.60 Å². The molecule has 0 saturated carbocycles. The van der Waals surface area contributed by atoms with Crippen molar-refractivity contribution in [3.8, 4) is 0 Å². The summed E-state index contributed by atoms with van der Waals surface area (Å²) in [5, 5.41) is 8.43. The molecule has 0 heterocycles. The summed E-state index contributed by atoms with van der Waals surface area (Å²) < 4.78 is 4.82. The highest BCUT2D eigenvalue weighted by atomic mass is 16.6. The standard InChI is InChI=1S/C9H13NO4/c1-9(2,3)14-8(13)10-4-7(5-11)6-12/h4-6,11H,1-3H3. The van der Waals surface area contributed by atoms with Crippen LogP contribution in [0, 0.1) is 0 Å². The highest BCUT2D eigenvalue weighted by Crippen LogP contribution is 2.07. The van der Waals surface area contributed by atoms with Gasteiger partial charge in [0.25, 0.3) is 0 Å². The lowest BCUT2D eigenvalue weighted by Crippen LogP contribution is -2.21. The van der Waals surface area contributed by atoms with E-state index in [-0.39, 0.29) is 5.57 Å². The Labute approximate surface area is 82.1 Å². The van der Waals surface area contributed by atoms with E-state index in [1.54, 1.807) is 20.8 Å². The van der Waals surface area contributed by atoms with E-state index >= 15 is 0 Å². The van der Waals surface area contributed by atoms with Crippen LogP contribution >= 0.6 is 0 Å². The van der Waals surface area contributed by atoms with Gasteiger partial charge in [-0.3, -0.25) is 4.79 Å². The third-order valence-corrected chi connectivity index (χ3v) is 0.998. The molecule has 5 heteroatoms. The molecule has 5 nitrogen and oxygen atoms in total. The molecule has 0 aromatic heterocycles. The van der Waals surface area contributed by atoms with Crippen molar-refractivity contribution < 1.29 is 19.4 Å². The molecule has 0 bridgehead atoms. The molecule has 0 aromatic carbocycles. The van der Waals surface area contributed by atoms with Gasteiger partial charge in [-0.05, 0) is 20.8 Å². The smallest absolute Gasteiger partial charge is 0.434 e. The molecule has 14 heavy (non-hydrogen) atoms. The van der Waals surface area contributed by atoms with E-state index in [1.807, 2.05) is 0 Å². The number of amides is 1. The minimum Gasteiger partial charge on any atom is -0.515 e. The van der Waals surface area contributed by atoms with E-state index in [1.165, 1.54) is 0 Å². The second-order valence-electron chi connectivity index (χ2n) is 3.49. The number of carbonyl (C=O) groups excluding carboxylic acids is 2. The van der Waals surface area contributed by atoms with Crippen LogP contribution in [0.1, 0.15) is 20.8 Å². The van der Waals surface area contributed by atoms with Crippen LogP contribution in [0.2, 0.25) is 0 Å². The molecule has 0 aliphatic heterocycles. The van der Waals surface area contributed by atoms with Crippen LogP contribution in [0.15, 0.2) is 16.8 Å². The molecular formula is C9H13NO4. The number of ether oxygens (including phenoxy) is 1. The number of aliphatic hydroxyl groups is 1. The first-order chi connectivity index (χ1) is 6.39. The lowest BCUT2D eigenvalue weighted by atomic mass is 10.2. The molecule has 0 spiro atoms. The minimum absolute atomic E-state index is 0.101. The Morgan fingerprint density at radius 2 is 2.00 bits per heavy atom. The summed E-state index contributed by atoms with van der Waals surface area (Å²) in [6.07, 6.45) is 1.05. The van der Waals surface area contributed by atoms with Crippen LogP contribution in [0.5, 0.6) is 0 Å².